The number of aromatic nitrogens is 2. The molecule has 1 aromatic heterocycles. The maximum atomic E-state index is 12.4. The first-order valence-corrected chi connectivity index (χ1v) is 11.1. The first-order valence-electron chi connectivity index (χ1n) is 11.1. The van der Waals surface area contributed by atoms with Crippen LogP contribution >= 0.6 is 0 Å². The molecular weight excluding hydrogens is 372 g/mol. The van der Waals surface area contributed by atoms with Gasteiger partial charge in [-0.1, -0.05) is 24.3 Å². The summed E-state index contributed by atoms with van der Waals surface area (Å²) in [6, 6.07) is 8.99. The molecule has 1 aromatic carbocycles. The maximum absolute atomic E-state index is 12.4. The molecule has 5 rings (SSSR count). The van der Waals surface area contributed by atoms with E-state index in [0.29, 0.717) is 5.92 Å². The van der Waals surface area contributed by atoms with Crippen molar-refractivity contribution in [3.63, 3.8) is 0 Å². The Bertz CT molecular complexity index is 895. The molecule has 3 fully saturated rings. The van der Waals surface area contributed by atoms with Crippen molar-refractivity contribution in [3.8, 4) is 11.3 Å². The molecule has 2 saturated heterocycles. The van der Waals surface area contributed by atoms with Gasteiger partial charge in [0.05, 0.1) is 24.0 Å². The van der Waals surface area contributed by atoms with Gasteiger partial charge in [-0.2, -0.15) is 0 Å². The highest BCUT2D eigenvalue weighted by Gasteiger charge is 2.34. The number of aromatic amines is 1. The second-order valence-corrected chi connectivity index (χ2v) is 8.97. The number of amides is 1. The average molecular weight is 399 g/mol. The molecule has 2 N–H and O–H groups in total. The van der Waals surface area contributed by atoms with E-state index in [-0.39, 0.29) is 24.0 Å². The van der Waals surface area contributed by atoms with Crippen molar-refractivity contribution < 1.29 is 4.79 Å². The van der Waals surface area contributed by atoms with Crippen molar-refractivity contribution in [2.24, 2.45) is 0 Å². The number of rotatable bonds is 5. The minimum Gasteiger partial charge on any atom is -0.352 e. The maximum Gasteiger partial charge on any atom is 0.236 e. The zero-order chi connectivity index (χ0) is 20.7. The third kappa shape index (κ3) is 3.83. The molecule has 0 bridgehead atoms. The van der Waals surface area contributed by atoms with Crippen LogP contribution in [0, 0.1) is 0 Å². The Balaban J connectivity index is 1.16. The first-order chi connectivity index (χ1) is 14.6. The highest BCUT2D eigenvalue weighted by Crippen LogP contribution is 2.38. The van der Waals surface area contributed by atoms with E-state index in [2.05, 4.69) is 39.6 Å². The van der Waals surface area contributed by atoms with E-state index in [1.165, 1.54) is 5.56 Å². The van der Waals surface area contributed by atoms with Crippen molar-refractivity contribution in [2.45, 2.75) is 62.6 Å². The van der Waals surface area contributed by atoms with Gasteiger partial charge in [0.2, 0.25) is 5.91 Å². The number of H-pyrrole nitrogens is 1. The second-order valence-electron chi connectivity index (χ2n) is 8.97. The third-order valence-electron chi connectivity index (χ3n) is 6.98. The van der Waals surface area contributed by atoms with Crippen LogP contribution in [0.4, 0.5) is 0 Å². The van der Waals surface area contributed by atoms with E-state index in [4.69, 9.17) is 16.0 Å². The molecule has 3 aliphatic rings. The van der Waals surface area contributed by atoms with Gasteiger partial charge in [-0.05, 0) is 68.7 Å². The molecule has 152 valence electrons. The Labute approximate surface area is 180 Å². The lowest BCUT2D eigenvalue weighted by Gasteiger charge is -2.37. The van der Waals surface area contributed by atoms with Gasteiger partial charge in [-0.25, -0.2) is 4.98 Å². The van der Waals surface area contributed by atoms with Crippen LogP contribution in [0.25, 0.3) is 11.3 Å². The fourth-order valence-corrected chi connectivity index (χ4v) is 5.05. The van der Waals surface area contributed by atoms with Crippen LogP contribution in [-0.2, 0) is 4.79 Å². The summed E-state index contributed by atoms with van der Waals surface area (Å²) in [5.74, 6) is 1.54. The van der Waals surface area contributed by atoms with Crippen LogP contribution in [0.5, 0.6) is 0 Å². The summed E-state index contributed by atoms with van der Waals surface area (Å²) in [5, 5.41) is 3.17. The van der Waals surface area contributed by atoms with Crippen molar-refractivity contribution in [1.29, 1.82) is 0 Å². The standard InChI is InChI=1S/C22H27B2N5O/c23-28-9-1-3-19(28)21-25-13-18(27-21)15-7-5-14(6-8-15)16-11-17(12-16)26-22(30)20-4-2-10-29(20)24/h5-8,13,16-17,19-20H,1-4,9-12H2,(H,25,27)(H,26,30)/t16?,17?,19-,20-/m0/s1. The van der Waals surface area contributed by atoms with Gasteiger partial charge in [0.15, 0.2) is 16.0 Å². The summed E-state index contributed by atoms with van der Waals surface area (Å²) in [5.41, 5.74) is 3.49. The van der Waals surface area contributed by atoms with Gasteiger partial charge in [0.25, 0.3) is 0 Å². The van der Waals surface area contributed by atoms with Crippen molar-refractivity contribution in [3.05, 3.63) is 41.9 Å². The lowest BCUT2D eigenvalue weighted by molar-refractivity contribution is -0.125. The van der Waals surface area contributed by atoms with Crippen LogP contribution in [-0.4, -0.2) is 66.6 Å². The van der Waals surface area contributed by atoms with Crippen LogP contribution in [0.1, 0.15) is 61.9 Å². The Morgan fingerprint density at radius 3 is 2.47 bits per heavy atom. The quantitative estimate of drug-likeness (QED) is 0.758. The Hall–Kier alpha value is -2.05. The summed E-state index contributed by atoms with van der Waals surface area (Å²) in [4.78, 5) is 23.9. The van der Waals surface area contributed by atoms with E-state index in [1.807, 2.05) is 11.0 Å². The van der Waals surface area contributed by atoms with Crippen LogP contribution < -0.4 is 5.32 Å². The number of hydrogen-bond acceptors (Lipinski definition) is 4. The predicted molar refractivity (Wildman–Crippen MR) is 118 cm³/mol. The molecule has 2 atom stereocenters. The fourth-order valence-electron chi connectivity index (χ4n) is 5.05. The fraction of sp³-hybridized carbons (Fsp3) is 0.545. The second kappa shape index (κ2) is 8.23. The molecule has 0 spiro atoms. The number of imidazole rings is 1. The number of benzene rings is 1. The summed E-state index contributed by atoms with van der Waals surface area (Å²) >= 11 is 0. The van der Waals surface area contributed by atoms with E-state index >= 15 is 0 Å². The molecule has 8 heteroatoms. The predicted octanol–water partition coefficient (Wildman–Crippen LogP) is 2.21. The average Bonchev–Trinajstić information content (AvgIpc) is 3.45. The Morgan fingerprint density at radius 1 is 1.07 bits per heavy atom. The molecule has 1 saturated carbocycles. The molecule has 2 aromatic rings. The van der Waals surface area contributed by atoms with Gasteiger partial charge in [-0.3, -0.25) is 4.79 Å². The number of hydrogen-bond donors (Lipinski definition) is 2. The van der Waals surface area contributed by atoms with E-state index in [1.54, 1.807) is 4.81 Å². The molecule has 2 aliphatic heterocycles. The van der Waals surface area contributed by atoms with E-state index in [9.17, 15) is 4.79 Å². The summed E-state index contributed by atoms with van der Waals surface area (Å²) in [6.07, 6.45) is 7.90. The lowest BCUT2D eigenvalue weighted by atomic mass is 9.75. The first kappa shape index (κ1) is 19.9. The van der Waals surface area contributed by atoms with Crippen molar-refractivity contribution in [1.82, 2.24) is 24.9 Å². The highest BCUT2D eigenvalue weighted by atomic mass is 16.2. The number of nitrogens with zero attached hydrogens (tertiary/aromatic N) is 3. The lowest BCUT2D eigenvalue weighted by Crippen LogP contribution is -2.50. The van der Waals surface area contributed by atoms with Crippen LogP contribution in [0.15, 0.2) is 30.5 Å². The van der Waals surface area contributed by atoms with Gasteiger partial charge in [0.1, 0.15) is 5.82 Å². The summed E-state index contributed by atoms with van der Waals surface area (Å²) in [7, 11) is 12.0. The number of nitrogens with one attached hydrogen (secondary N) is 2. The van der Waals surface area contributed by atoms with Crippen LogP contribution in [0.3, 0.4) is 0 Å². The molecule has 6 nitrogen and oxygen atoms in total. The number of carbonyl (C=O) groups is 1. The molecule has 1 amide bonds. The minimum absolute atomic E-state index is 0.0853. The zero-order valence-electron chi connectivity index (χ0n) is 17.3. The minimum atomic E-state index is -0.154. The molecule has 30 heavy (non-hydrogen) atoms. The zero-order valence-corrected chi connectivity index (χ0v) is 17.3. The monoisotopic (exact) mass is 399 g/mol. The van der Waals surface area contributed by atoms with Gasteiger partial charge in [-0.15, -0.1) is 0 Å². The molecule has 4 radical (unpaired) electrons. The normalized spacial score (nSPS) is 29.7. The smallest absolute Gasteiger partial charge is 0.236 e. The molecule has 1 aliphatic carbocycles. The van der Waals surface area contributed by atoms with E-state index in [0.717, 1.165) is 68.7 Å². The number of carbonyl (C=O) groups excluding carboxylic acids is 1. The van der Waals surface area contributed by atoms with Crippen molar-refractivity contribution >= 4 is 21.9 Å². The van der Waals surface area contributed by atoms with E-state index < -0.39 is 0 Å². The van der Waals surface area contributed by atoms with Gasteiger partial charge in [0, 0.05) is 6.04 Å². The van der Waals surface area contributed by atoms with Crippen molar-refractivity contribution in [2.75, 3.05) is 13.1 Å². The summed E-state index contributed by atoms with van der Waals surface area (Å²) < 4.78 is 0. The largest absolute Gasteiger partial charge is 0.352 e. The SMILES string of the molecule is [B]N1CCC[C@H]1C(=O)NC1CC(c2ccc(-c3cnc([C@@H]4CCCN4[B])[nH]3)cc2)C1. The Kier molecular flexibility index (Phi) is 5.46. The molecule has 3 heterocycles. The molecule has 0 unspecified atom stereocenters. The highest BCUT2D eigenvalue weighted by molar-refractivity contribution is 6.07. The third-order valence-corrected chi connectivity index (χ3v) is 6.98. The van der Waals surface area contributed by atoms with Gasteiger partial charge < -0.3 is 19.9 Å². The molecular formula is C22H27B2N5O. The topological polar surface area (TPSA) is 64.3 Å². The van der Waals surface area contributed by atoms with Gasteiger partial charge >= 0.3 is 0 Å². The Morgan fingerprint density at radius 2 is 1.80 bits per heavy atom. The summed E-state index contributed by atoms with van der Waals surface area (Å²) in [6.45, 7) is 1.73. The van der Waals surface area contributed by atoms with Crippen LogP contribution in [0.2, 0.25) is 0 Å².